The first kappa shape index (κ1) is 14.4. The molecule has 0 spiro atoms. The minimum absolute atomic E-state index is 0.00818. The number of hydrogen-bond acceptors (Lipinski definition) is 4. The number of halogens is 1. The first-order valence-electron chi connectivity index (χ1n) is 5.37. The fraction of sp³-hybridized carbons (Fsp3) is 0.417. The van der Waals surface area contributed by atoms with Crippen LogP contribution in [0.5, 0.6) is 0 Å². The molecule has 6 heteroatoms. The molecule has 1 aromatic carbocycles. The maximum atomic E-state index is 13.7. The molecule has 0 radical (unpaired) electrons. The number of ether oxygens (including phenoxy) is 3. The molecule has 0 saturated carbocycles. The predicted molar refractivity (Wildman–Crippen MR) is 62.2 cm³/mol. The second kappa shape index (κ2) is 6.93. The van der Waals surface area contributed by atoms with Gasteiger partial charge in [0.1, 0.15) is 12.6 Å². The zero-order valence-corrected chi connectivity index (χ0v) is 10.3. The Labute approximate surface area is 105 Å². The lowest BCUT2D eigenvalue weighted by molar-refractivity contribution is -0.107. The standard InChI is InChI=1S/C12H16FNO4/c1-8(17-7-16-2)11(18-12(14)15)9-5-3-4-6-10(9)13/h3-6,8,11H,7H2,1-2H3,(H2,14,15)/t8-,11+/m0/s1. The Morgan fingerprint density at radius 3 is 2.67 bits per heavy atom. The van der Waals surface area contributed by atoms with Gasteiger partial charge in [-0.3, -0.25) is 0 Å². The Balaban J connectivity index is 2.90. The summed E-state index contributed by atoms with van der Waals surface area (Å²) in [6, 6.07) is 5.96. The van der Waals surface area contributed by atoms with Gasteiger partial charge < -0.3 is 19.9 Å². The van der Waals surface area contributed by atoms with Crippen LogP contribution in [0.25, 0.3) is 0 Å². The van der Waals surface area contributed by atoms with E-state index in [1.807, 2.05) is 0 Å². The van der Waals surface area contributed by atoms with E-state index in [1.54, 1.807) is 19.1 Å². The van der Waals surface area contributed by atoms with E-state index in [1.165, 1.54) is 19.2 Å². The van der Waals surface area contributed by atoms with E-state index < -0.39 is 24.1 Å². The van der Waals surface area contributed by atoms with Crippen molar-refractivity contribution < 1.29 is 23.4 Å². The zero-order chi connectivity index (χ0) is 13.5. The normalized spacial score (nSPS) is 13.9. The quantitative estimate of drug-likeness (QED) is 0.791. The Kier molecular flexibility index (Phi) is 5.54. The van der Waals surface area contributed by atoms with Gasteiger partial charge >= 0.3 is 6.09 Å². The highest BCUT2D eigenvalue weighted by Crippen LogP contribution is 2.25. The molecule has 0 heterocycles. The van der Waals surface area contributed by atoms with Crippen LogP contribution in [0.15, 0.2) is 24.3 Å². The molecule has 0 aliphatic rings. The highest BCUT2D eigenvalue weighted by molar-refractivity contribution is 5.65. The molecular formula is C12H16FNO4. The van der Waals surface area contributed by atoms with Gasteiger partial charge in [0.05, 0.1) is 6.10 Å². The number of primary amides is 1. The molecule has 0 fully saturated rings. The maximum absolute atomic E-state index is 13.7. The van der Waals surface area contributed by atoms with E-state index >= 15 is 0 Å². The third kappa shape index (κ3) is 3.97. The summed E-state index contributed by atoms with van der Waals surface area (Å²) in [7, 11) is 1.46. The van der Waals surface area contributed by atoms with Crippen molar-refractivity contribution in [2.45, 2.75) is 19.1 Å². The Morgan fingerprint density at radius 2 is 2.11 bits per heavy atom. The fourth-order valence-electron chi connectivity index (χ4n) is 1.51. The van der Waals surface area contributed by atoms with E-state index in [9.17, 15) is 9.18 Å². The lowest BCUT2D eigenvalue weighted by Gasteiger charge is -2.23. The second-order valence-corrected chi connectivity index (χ2v) is 3.66. The number of methoxy groups -OCH3 is 1. The maximum Gasteiger partial charge on any atom is 0.405 e. The molecule has 100 valence electrons. The van der Waals surface area contributed by atoms with Crippen molar-refractivity contribution in [2.75, 3.05) is 13.9 Å². The van der Waals surface area contributed by atoms with Gasteiger partial charge in [0.2, 0.25) is 0 Å². The van der Waals surface area contributed by atoms with Crippen LogP contribution in [0.4, 0.5) is 9.18 Å². The largest absolute Gasteiger partial charge is 0.439 e. The molecule has 0 saturated heterocycles. The van der Waals surface area contributed by atoms with Crippen LogP contribution in [0.2, 0.25) is 0 Å². The van der Waals surface area contributed by atoms with Crippen LogP contribution < -0.4 is 5.73 Å². The van der Waals surface area contributed by atoms with E-state index in [0.29, 0.717) is 0 Å². The SMILES string of the molecule is COCO[C@@H](C)[C@@H](OC(N)=O)c1ccccc1F. The van der Waals surface area contributed by atoms with Crippen molar-refractivity contribution in [1.29, 1.82) is 0 Å². The summed E-state index contributed by atoms with van der Waals surface area (Å²) in [6.45, 7) is 1.65. The third-order valence-corrected chi connectivity index (χ3v) is 2.33. The minimum Gasteiger partial charge on any atom is -0.439 e. The molecule has 5 nitrogen and oxygen atoms in total. The van der Waals surface area contributed by atoms with Crippen LogP contribution in [-0.4, -0.2) is 26.1 Å². The fourth-order valence-corrected chi connectivity index (χ4v) is 1.51. The summed E-state index contributed by atoms with van der Waals surface area (Å²) in [6.07, 6.45) is -2.50. The molecule has 0 bridgehead atoms. The summed E-state index contributed by atoms with van der Waals surface area (Å²) >= 11 is 0. The Morgan fingerprint density at radius 1 is 1.44 bits per heavy atom. The van der Waals surface area contributed by atoms with Gasteiger partial charge in [0, 0.05) is 12.7 Å². The molecule has 2 N–H and O–H groups in total. The van der Waals surface area contributed by atoms with Crippen molar-refractivity contribution in [2.24, 2.45) is 5.73 Å². The summed E-state index contributed by atoms with van der Waals surface area (Å²) in [4.78, 5) is 10.9. The van der Waals surface area contributed by atoms with Gasteiger partial charge in [-0.1, -0.05) is 18.2 Å². The number of carbonyl (C=O) groups excluding carboxylic acids is 1. The smallest absolute Gasteiger partial charge is 0.405 e. The van der Waals surface area contributed by atoms with Crippen LogP contribution in [0, 0.1) is 5.82 Å². The molecule has 1 aromatic rings. The van der Waals surface area contributed by atoms with Crippen molar-refractivity contribution >= 4 is 6.09 Å². The van der Waals surface area contributed by atoms with Crippen molar-refractivity contribution in [3.05, 3.63) is 35.6 Å². The van der Waals surface area contributed by atoms with Gasteiger partial charge in [0.15, 0.2) is 6.10 Å². The molecule has 18 heavy (non-hydrogen) atoms. The Bertz CT molecular complexity index is 399. The lowest BCUT2D eigenvalue weighted by Crippen LogP contribution is -2.28. The lowest BCUT2D eigenvalue weighted by atomic mass is 10.0. The number of carbonyl (C=O) groups is 1. The van der Waals surface area contributed by atoms with Gasteiger partial charge in [-0.2, -0.15) is 0 Å². The summed E-state index contributed by atoms with van der Waals surface area (Å²) in [5.74, 6) is -0.489. The molecule has 0 aliphatic heterocycles. The van der Waals surface area contributed by atoms with Crippen LogP contribution >= 0.6 is 0 Å². The molecule has 2 atom stereocenters. The number of amides is 1. The van der Waals surface area contributed by atoms with Gasteiger partial charge in [-0.15, -0.1) is 0 Å². The van der Waals surface area contributed by atoms with E-state index in [2.05, 4.69) is 0 Å². The highest BCUT2D eigenvalue weighted by Gasteiger charge is 2.26. The minimum atomic E-state index is -0.990. The van der Waals surface area contributed by atoms with Crippen molar-refractivity contribution in [1.82, 2.24) is 0 Å². The number of benzene rings is 1. The number of nitrogens with two attached hydrogens (primary N) is 1. The zero-order valence-electron chi connectivity index (χ0n) is 10.3. The molecule has 0 unspecified atom stereocenters. The van der Waals surface area contributed by atoms with Crippen LogP contribution in [0.3, 0.4) is 0 Å². The van der Waals surface area contributed by atoms with Crippen molar-refractivity contribution in [3.8, 4) is 0 Å². The van der Waals surface area contributed by atoms with Crippen LogP contribution in [-0.2, 0) is 14.2 Å². The Hall–Kier alpha value is -1.66. The average molecular weight is 257 g/mol. The molecule has 0 aromatic heterocycles. The van der Waals surface area contributed by atoms with Gasteiger partial charge in [-0.25, -0.2) is 9.18 Å². The molecule has 1 rings (SSSR count). The first-order chi connectivity index (χ1) is 8.56. The average Bonchev–Trinajstić information content (AvgIpc) is 2.34. The van der Waals surface area contributed by atoms with E-state index in [4.69, 9.17) is 19.9 Å². The van der Waals surface area contributed by atoms with E-state index in [-0.39, 0.29) is 12.4 Å². The number of hydrogen-bond donors (Lipinski definition) is 1. The first-order valence-corrected chi connectivity index (χ1v) is 5.37. The number of rotatable bonds is 6. The summed E-state index contributed by atoms with van der Waals surface area (Å²) in [5, 5.41) is 0. The monoisotopic (exact) mass is 257 g/mol. The summed E-state index contributed by atoms with van der Waals surface area (Å²) < 4.78 is 28.5. The third-order valence-electron chi connectivity index (χ3n) is 2.33. The van der Waals surface area contributed by atoms with Crippen molar-refractivity contribution in [3.63, 3.8) is 0 Å². The second-order valence-electron chi connectivity index (χ2n) is 3.66. The predicted octanol–water partition coefficient (Wildman–Crippen LogP) is 1.97. The van der Waals surface area contributed by atoms with Crippen LogP contribution in [0.1, 0.15) is 18.6 Å². The highest BCUT2D eigenvalue weighted by atomic mass is 19.1. The molecule has 0 aliphatic carbocycles. The summed E-state index contributed by atoms with van der Waals surface area (Å²) in [5.41, 5.74) is 5.19. The van der Waals surface area contributed by atoms with E-state index in [0.717, 1.165) is 0 Å². The molecule has 1 amide bonds. The topological polar surface area (TPSA) is 70.8 Å². The molecular weight excluding hydrogens is 241 g/mol. The van der Waals surface area contributed by atoms with Gasteiger partial charge in [-0.05, 0) is 13.0 Å². The van der Waals surface area contributed by atoms with Gasteiger partial charge in [0.25, 0.3) is 0 Å².